The molecule has 8 nitrogen and oxygen atoms in total. The summed E-state index contributed by atoms with van der Waals surface area (Å²) in [6, 6.07) is 20.4. The van der Waals surface area contributed by atoms with Crippen LogP contribution in [0.4, 0.5) is 13.2 Å². The second-order valence-corrected chi connectivity index (χ2v) is 10.4. The first-order chi connectivity index (χ1) is 20.9. The maximum atomic E-state index is 13.3. The van der Waals surface area contributed by atoms with Crippen molar-refractivity contribution in [3.63, 3.8) is 0 Å². The maximum absolute atomic E-state index is 13.3. The second kappa shape index (κ2) is 12.2. The molecular formula is C33H30F3N5O3. The number of nitrogens with zero attached hydrogens (tertiary/aromatic N) is 3. The maximum Gasteiger partial charge on any atom is 0.433 e. The van der Waals surface area contributed by atoms with Gasteiger partial charge in [-0.2, -0.15) is 18.3 Å². The fourth-order valence-corrected chi connectivity index (χ4v) is 5.15. The number of amides is 2. The summed E-state index contributed by atoms with van der Waals surface area (Å²) in [6.07, 6.45) is -4.02. The summed E-state index contributed by atoms with van der Waals surface area (Å²) < 4.78 is 47.0. The van der Waals surface area contributed by atoms with Crippen molar-refractivity contribution in [3.05, 3.63) is 112 Å². The molecule has 0 unspecified atom stereocenters. The van der Waals surface area contributed by atoms with Gasteiger partial charge in [0, 0.05) is 28.8 Å². The minimum absolute atomic E-state index is 0.0185. The van der Waals surface area contributed by atoms with E-state index in [4.69, 9.17) is 10.5 Å². The normalized spacial score (nSPS) is 11.5. The highest BCUT2D eigenvalue weighted by atomic mass is 19.4. The molecule has 0 atom stereocenters. The number of ether oxygens (including phenoxy) is 1. The van der Waals surface area contributed by atoms with Crippen molar-refractivity contribution in [2.75, 3.05) is 13.7 Å². The molecule has 44 heavy (non-hydrogen) atoms. The molecule has 0 aliphatic rings. The highest BCUT2D eigenvalue weighted by Gasteiger charge is 2.34. The van der Waals surface area contributed by atoms with Crippen LogP contribution in [0.2, 0.25) is 0 Å². The Labute approximate surface area is 251 Å². The van der Waals surface area contributed by atoms with Crippen LogP contribution in [0.15, 0.2) is 72.8 Å². The first-order valence-electron chi connectivity index (χ1n) is 13.8. The zero-order valence-corrected chi connectivity index (χ0v) is 24.3. The van der Waals surface area contributed by atoms with Gasteiger partial charge < -0.3 is 15.8 Å². The summed E-state index contributed by atoms with van der Waals surface area (Å²) in [7, 11) is 1.62. The van der Waals surface area contributed by atoms with Gasteiger partial charge >= 0.3 is 6.18 Å². The Morgan fingerprint density at radius 1 is 0.955 bits per heavy atom. The van der Waals surface area contributed by atoms with Crippen molar-refractivity contribution < 1.29 is 27.5 Å². The van der Waals surface area contributed by atoms with Gasteiger partial charge in [-0.3, -0.25) is 14.3 Å². The van der Waals surface area contributed by atoms with E-state index in [0.717, 1.165) is 28.1 Å². The topological polar surface area (TPSA) is 112 Å². The van der Waals surface area contributed by atoms with E-state index in [9.17, 15) is 22.8 Å². The summed E-state index contributed by atoms with van der Waals surface area (Å²) in [5.74, 6) is -0.355. The third kappa shape index (κ3) is 6.41. The number of carbonyl (C=O) groups is 2. The number of hydrogen-bond acceptors (Lipinski definition) is 5. The van der Waals surface area contributed by atoms with Crippen LogP contribution in [0.25, 0.3) is 22.0 Å². The van der Waals surface area contributed by atoms with Crippen molar-refractivity contribution in [2.24, 2.45) is 5.73 Å². The molecule has 2 heterocycles. The molecule has 0 spiro atoms. The van der Waals surface area contributed by atoms with Crippen molar-refractivity contribution >= 4 is 22.7 Å². The Kier molecular flexibility index (Phi) is 8.39. The van der Waals surface area contributed by atoms with E-state index in [1.54, 1.807) is 31.4 Å². The molecule has 3 aromatic carbocycles. The fourth-order valence-electron chi connectivity index (χ4n) is 5.15. The molecule has 5 rings (SSSR count). The molecule has 0 bridgehead atoms. The molecule has 5 aromatic rings. The van der Waals surface area contributed by atoms with Gasteiger partial charge in [-0.1, -0.05) is 30.3 Å². The first kappa shape index (κ1) is 30.3. The average Bonchev–Trinajstić information content (AvgIpc) is 3.28. The first-order valence-corrected chi connectivity index (χ1v) is 13.8. The molecule has 226 valence electrons. The summed E-state index contributed by atoms with van der Waals surface area (Å²) in [6.45, 7) is 4.66. The quantitative estimate of drug-likeness (QED) is 0.220. The number of pyridine rings is 1. The molecule has 0 aliphatic heterocycles. The lowest BCUT2D eigenvalue weighted by molar-refractivity contribution is -0.141. The van der Waals surface area contributed by atoms with Crippen LogP contribution in [0, 0.1) is 13.8 Å². The summed E-state index contributed by atoms with van der Waals surface area (Å²) in [5, 5.41) is 7.85. The molecular weight excluding hydrogens is 571 g/mol. The Morgan fingerprint density at radius 3 is 2.27 bits per heavy atom. The number of fused-ring (bicyclic) bond motifs is 1. The third-order valence-electron chi connectivity index (χ3n) is 7.44. The lowest BCUT2D eigenvalue weighted by Gasteiger charge is -2.12. The zero-order chi connectivity index (χ0) is 31.6. The minimum Gasteiger partial charge on any atom is -0.497 e. The largest absolute Gasteiger partial charge is 0.497 e. The van der Waals surface area contributed by atoms with Crippen molar-refractivity contribution in [1.29, 1.82) is 0 Å². The van der Waals surface area contributed by atoms with Crippen LogP contribution in [-0.2, 0) is 19.1 Å². The van der Waals surface area contributed by atoms with Crippen LogP contribution in [0.5, 0.6) is 5.75 Å². The number of hydrogen-bond donors (Lipinski definition) is 2. The average molecular weight is 602 g/mol. The number of aromatic nitrogens is 3. The number of nitrogens with one attached hydrogen (secondary N) is 1. The number of benzene rings is 3. The number of nitrogens with two attached hydrogens (primary N) is 1. The van der Waals surface area contributed by atoms with Gasteiger partial charge in [0.05, 0.1) is 30.4 Å². The van der Waals surface area contributed by atoms with E-state index in [2.05, 4.69) is 15.4 Å². The van der Waals surface area contributed by atoms with Crippen LogP contribution in [-0.4, -0.2) is 40.2 Å². The molecule has 2 aromatic heterocycles. The van der Waals surface area contributed by atoms with Gasteiger partial charge in [-0.25, -0.2) is 4.98 Å². The van der Waals surface area contributed by atoms with Gasteiger partial charge in [0.25, 0.3) is 5.91 Å². The fraction of sp³-hybridized carbons (Fsp3) is 0.212. The lowest BCUT2D eigenvalue weighted by atomic mass is 9.98. The molecule has 2 amide bonds. The van der Waals surface area contributed by atoms with Gasteiger partial charge in [-0.05, 0) is 79.4 Å². The molecule has 0 saturated carbocycles. The van der Waals surface area contributed by atoms with Crippen molar-refractivity contribution in [3.8, 4) is 16.9 Å². The Morgan fingerprint density at radius 2 is 1.64 bits per heavy atom. The summed E-state index contributed by atoms with van der Waals surface area (Å²) in [5.41, 5.74) is 9.57. The Balaban J connectivity index is 1.31. The zero-order valence-electron chi connectivity index (χ0n) is 24.3. The SMILES string of the molecule is COc1ccc(CCNC(=O)c2ccc(Cn3nc(C)c(-c4ccc5nc(C(F)(F)F)cc(C(N)=O)c5c4)c3C)cc2)cc1. The number of halogens is 3. The summed E-state index contributed by atoms with van der Waals surface area (Å²) >= 11 is 0. The minimum atomic E-state index is -4.72. The number of rotatable bonds is 9. The van der Waals surface area contributed by atoms with E-state index in [0.29, 0.717) is 42.4 Å². The monoisotopic (exact) mass is 601 g/mol. The van der Waals surface area contributed by atoms with E-state index < -0.39 is 17.8 Å². The number of carbonyl (C=O) groups excluding carboxylic acids is 2. The van der Waals surface area contributed by atoms with E-state index >= 15 is 0 Å². The standard InChI is InChI=1S/C33H30F3N5O3/c1-19-30(24-10-13-28-26(16-24)27(31(37)42)17-29(39-28)33(34,35)36)20(2)41(40-19)18-22-4-8-23(9-5-22)32(43)38-15-14-21-6-11-25(44-3)12-7-21/h4-13,16-17H,14-15,18H2,1-3H3,(H2,37,42)(H,38,43). The Hall–Kier alpha value is -5.19. The van der Waals surface area contributed by atoms with Gasteiger partial charge in [0.2, 0.25) is 5.91 Å². The number of alkyl halides is 3. The van der Waals surface area contributed by atoms with Crippen LogP contribution < -0.4 is 15.8 Å². The highest BCUT2D eigenvalue weighted by Crippen LogP contribution is 2.34. The Bertz CT molecular complexity index is 1850. The number of primary amides is 1. The molecule has 11 heteroatoms. The van der Waals surface area contributed by atoms with Crippen LogP contribution >= 0.6 is 0 Å². The van der Waals surface area contributed by atoms with E-state index in [1.807, 2.05) is 54.9 Å². The van der Waals surface area contributed by atoms with E-state index in [-0.39, 0.29) is 22.4 Å². The van der Waals surface area contributed by atoms with Gasteiger partial charge in [0.1, 0.15) is 11.4 Å². The predicted octanol–water partition coefficient (Wildman–Crippen LogP) is 5.86. The smallest absolute Gasteiger partial charge is 0.433 e. The highest BCUT2D eigenvalue weighted by molar-refractivity contribution is 6.06. The predicted molar refractivity (Wildman–Crippen MR) is 161 cm³/mol. The molecule has 0 fully saturated rings. The third-order valence-corrected chi connectivity index (χ3v) is 7.44. The van der Waals surface area contributed by atoms with Crippen molar-refractivity contribution in [2.45, 2.75) is 33.0 Å². The van der Waals surface area contributed by atoms with Crippen molar-refractivity contribution in [1.82, 2.24) is 20.1 Å². The molecule has 0 saturated heterocycles. The van der Waals surface area contributed by atoms with Crippen LogP contribution in [0.3, 0.4) is 0 Å². The van der Waals surface area contributed by atoms with E-state index in [1.165, 1.54) is 6.07 Å². The molecule has 3 N–H and O–H groups in total. The lowest BCUT2D eigenvalue weighted by Crippen LogP contribution is -2.25. The van der Waals surface area contributed by atoms with Gasteiger partial charge in [-0.15, -0.1) is 0 Å². The second-order valence-electron chi connectivity index (χ2n) is 10.4. The van der Waals surface area contributed by atoms with Gasteiger partial charge in [0.15, 0.2) is 0 Å². The number of aryl methyl sites for hydroxylation is 1. The summed E-state index contributed by atoms with van der Waals surface area (Å²) in [4.78, 5) is 28.4. The van der Waals surface area contributed by atoms with Crippen LogP contribution in [0.1, 0.15) is 48.9 Å². The molecule has 0 radical (unpaired) electrons. The molecule has 0 aliphatic carbocycles. The number of methoxy groups -OCH3 is 1.